The number of amides is 5. The lowest BCUT2D eigenvalue weighted by Crippen LogP contribution is -2.52. The molecule has 1 fully saturated rings. The fourth-order valence-corrected chi connectivity index (χ4v) is 8.72. The highest BCUT2D eigenvalue weighted by molar-refractivity contribution is 9.10. The topological polar surface area (TPSA) is 386 Å². The van der Waals surface area contributed by atoms with Crippen molar-refractivity contribution in [2.75, 3.05) is 85.1 Å². The van der Waals surface area contributed by atoms with Crippen LogP contribution in [0.3, 0.4) is 0 Å². The maximum atomic E-state index is 13.9. The number of urea groups is 1. The molecular weight excluding hydrogens is 1100 g/mol. The van der Waals surface area contributed by atoms with E-state index in [4.69, 9.17) is 5.11 Å². The Kier molecular flexibility index (Phi) is 29.6. The van der Waals surface area contributed by atoms with E-state index in [1.165, 1.54) is 6.92 Å². The lowest BCUT2D eigenvalue weighted by molar-refractivity contribution is -0.145. The fourth-order valence-electron chi connectivity index (χ4n) is 8.49. The van der Waals surface area contributed by atoms with Gasteiger partial charge in [0.15, 0.2) is 5.78 Å². The Balaban J connectivity index is 1.49. The number of carbonyl (C=O) groups excluding carboxylic acids is 5. The third-order valence-corrected chi connectivity index (χ3v) is 13.3. The van der Waals surface area contributed by atoms with E-state index in [9.17, 15) is 78.3 Å². The summed E-state index contributed by atoms with van der Waals surface area (Å²) in [6, 6.07) is 5.61. The lowest BCUT2D eigenvalue weighted by Gasteiger charge is -2.35. The van der Waals surface area contributed by atoms with Crippen LogP contribution in [-0.4, -0.2) is 229 Å². The standard InChI is InChI=1S/C51H73BrN10O17/c1-34(63)38(13-17-44(66)67)56-51(79)57-39(49(75)76)6-3-5-19-62(30-36-10-15-41(52)54-29-36)48(74)37-11-8-35(9-12-37)28-55-42(64)7-2-4-18-53-43(65)16-14-40(50(77)78)61-26-24-59(32-46(70)71)22-20-58(31-45(68)69)21-23-60(25-27-61)33-47(72)73/h8-12,15,29,38-40H,2-7,13-14,16-28,30-33H2,1H3,(H,53,65)(H,55,64)(H,66,67)(H,68,69)(H,70,71)(H,72,73)(H,75,76)(H,77,78)(H2,56,57,79)/t38-,39-,40?/m1/s1. The number of unbranched alkanes of at least 4 members (excludes halogenated alkanes) is 2. The van der Waals surface area contributed by atoms with Gasteiger partial charge in [0.05, 0.1) is 25.7 Å². The van der Waals surface area contributed by atoms with Crippen molar-refractivity contribution in [3.63, 3.8) is 0 Å². The van der Waals surface area contributed by atoms with Crippen LogP contribution in [0.1, 0.15) is 92.6 Å². The van der Waals surface area contributed by atoms with Crippen molar-refractivity contribution < 1.29 is 83.4 Å². The monoisotopic (exact) mass is 1180 g/mol. The van der Waals surface area contributed by atoms with Gasteiger partial charge in [0.25, 0.3) is 5.91 Å². The Morgan fingerprint density at radius 1 is 0.582 bits per heavy atom. The number of nitrogens with zero attached hydrogens (tertiary/aromatic N) is 6. The summed E-state index contributed by atoms with van der Waals surface area (Å²) in [5.74, 6) is -8.52. The van der Waals surface area contributed by atoms with Crippen molar-refractivity contribution in [1.29, 1.82) is 0 Å². The van der Waals surface area contributed by atoms with Crippen LogP contribution in [0.4, 0.5) is 4.79 Å². The number of ketones is 1. The summed E-state index contributed by atoms with van der Waals surface area (Å²) in [5, 5.41) is 67.7. The molecule has 27 nitrogen and oxygen atoms in total. The van der Waals surface area contributed by atoms with Gasteiger partial charge in [-0.05, 0) is 97.1 Å². The number of nitrogens with one attached hydrogen (secondary N) is 4. The summed E-state index contributed by atoms with van der Waals surface area (Å²) >= 11 is 3.30. The molecular formula is C51H73BrN10O17. The molecule has 1 aliphatic heterocycles. The summed E-state index contributed by atoms with van der Waals surface area (Å²) in [4.78, 5) is 146. The number of carboxylic acid groups (broad SMARTS) is 6. The number of halogens is 1. The van der Waals surface area contributed by atoms with E-state index in [0.29, 0.717) is 35.0 Å². The molecule has 3 atom stereocenters. The van der Waals surface area contributed by atoms with E-state index in [0.717, 1.165) is 5.56 Å². The van der Waals surface area contributed by atoms with E-state index >= 15 is 0 Å². The molecule has 1 aliphatic rings. The van der Waals surface area contributed by atoms with Crippen molar-refractivity contribution in [3.8, 4) is 0 Å². The van der Waals surface area contributed by atoms with Gasteiger partial charge in [0.2, 0.25) is 11.8 Å². The van der Waals surface area contributed by atoms with Crippen molar-refractivity contribution in [2.45, 2.75) is 102 Å². The maximum absolute atomic E-state index is 13.9. The predicted molar refractivity (Wildman–Crippen MR) is 285 cm³/mol. The van der Waals surface area contributed by atoms with Crippen LogP contribution in [0, 0.1) is 0 Å². The van der Waals surface area contributed by atoms with E-state index in [1.54, 1.807) is 67.1 Å². The van der Waals surface area contributed by atoms with Gasteiger partial charge in [0, 0.05) is 110 Å². The maximum Gasteiger partial charge on any atom is 0.326 e. The molecule has 0 radical (unpaired) electrons. The third-order valence-electron chi connectivity index (χ3n) is 12.8. The van der Waals surface area contributed by atoms with Crippen LogP contribution in [0.2, 0.25) is 0 Å². The van der Waals surface area contributed by atoms with Gasteiger partial charge in [-0.2, -0.15) is 0 Å². The number of hydrogen-bond acceptors (Lipinski definition) is 16. The summed E-state index contributed by atoms with van der Waals surface area (Å²) in [7, 11) is 0. The number of rotatable bonds is 33. The van der Waals surface area contributed by atoms with Crippen molar-refractivity contribution >= 4 is 81.3 Å². The van der Waals surface area contributed by atoms with Crippen molar-refractivity contribution in [1.82, 2.24) is 50.8 Å². The van der Waals surface area contributed by atoms with E-state index < -0.39 is 71.7 Å². The van der Waals surface area contributed by atoms with E-state index in [1.807, 2.05) is 0 Å². The molecule has 1 saturated heterocycles. The van der Waals surface area contributed by atoms with Crippen molar-refractivity contribution in [2.24, 2.45) is 0 Å². The van der Waals surface area contributed by atoms with Crippen molar-refractivity contribution in [3.05, 3.63) is 63.9 Å². The van der Waals surface area contributed by atoms with Crippen LogP contribution >= 0.6 is 15.9 Å². The molecule has 0 spiro atoms. The molecule has 2 aromatic rings. The number of hydrogen-bond donors (Lipinski definition) is 10. The number of Topliss-reactive ketones (excluding diaryl/α,β-unsaturated/α-hetero) is 1. The largest absolute Gasteiger partial charge is 0.481 e. The molecule has 10 N–H and O–H groups in total. The molecule has 3 rings (SSSR count). The predicted octanol–water partition coefficient (Wildman–Crippen LogP) is 0.843. The minimum Gasteiger partial charge on any atom is -0.481 e. The number of carboxylic acids is 6. The number of pyridine rings is 1. The van der Waals surface area contributed by atoms with Gasteiger partial charge < -0.3 is 56.8 Å². The summed E-state index contributed by atoms with van der Waals surface area (Å²) in [6.45, 7) is 1.91. The molecule has 0 saturated carbocycles. The quantitative estimate of drug-likeness (QED) is 0.0350. The first kappa shape index (κ1) is 66.1. The molecule has 1 aromatic carbocycles. The zero-order valence-electron chi connectivity index (χ0n) is 44.2. The minimum atomic E-state index is -1.34. The highest BCUT2D eigenvalue weighted by Gasteiger charge is 2.29. The Bertz CT molecular complexity index is 2350. The summed E-state index contributed by atoms with van der Waals surface area (Å²) in [5.41, 5.74) is 1.78. The van der Waals surface area contributed by atoms with E-state index in [2.05, 4.69) is 42.2 Å². The van der Waals surface area contributed by atoms with E-state index in [-0.39, 0.29) is 155 Å². The zero-order chi connectivity index (χ0) is 58.4. The molecule has 1 aromatic heterocycles. The zero-order valence-corrected chi connectivity index (χ0v) is 45.8. The molecule has 436 valence electrons. The molecule has 5 amide bonds. The van der Waals surface area contributed by atoms with Gasteiger partial charge >= 0.3 is 41.8 Å². The number of benzene rings is 1. The number of aliphatic carboxylic acids is 6. The third kappa shape index (κ3) is 27.3. The van der Waals surface area contributed by atoms with Gasteiger partial charge in [-0.1, -0.05) is 18.2 Å². The smallest absolute Gasteiger partial charge is 0.326 e. The average molecular weight is 1180 g/mol. The first-order valence-electron chi connectivity index (χ1n) is 25.8. The van der Waals surface area contributed by atoms with Gasteiger partial charge in [-0.15, -0.1) is 0 Å². The van der Waals surface area contributed by atoms with Gasteiger partial charge in [-0.3, -0.25) is 62.8 Å². The molecule has 28 heteroatoms. The SMILES string of the molecule is CC(=O)[C@@H](CCC(=O)O)NC(=O)N[C@H](CCCCN(Cc1ccc(Br)nc1)C(=O)c1ccc(CNC(=O)CCCCNC(=O)CCC(C(=O)O)N2CCN(CC(=O)O)CCN(CC(=O)O)CCN(CC(=O)O)CC2)cc1)C(=O)O. The second-order valence-electron chi connectivity index (χ2n) is 19.0. The molecule has 79 heavy (non-hydrogen) atoms. The first-order chi connectivity index (χ1) is 37.5. The Morgan fingerprint density at radius 2 is 1.13 bits per heavy atom. The van der Waals surface area contributed by atoms with Crippen LogP contribution in [0.25, 0.3) is 0 Å². The molecule has 1 unspecified atom stereocenters. The summed E-state index contributed by atoms with van der Waals surface area (Å²) < 4.78 is 0.595. The Morgan fingerprint density at radius 3 is 1.63 bits per heavy atom. The van der Waals surface area contributed by atoms with Crippen LogP contribution in [-0.2, 0) is 56.2 Å². The van der Waals surface area contributed by atoms with Gasteiger partial charge in [-0.25, -0.2) is 14.6 Å². The average Bonchev–Trinajstić information content (AvgIpc) is 3.38. The normalized spacial score (nSPS) is 15.2. The number of aromatic nitrogens is 1. The molecule has 2 heterocycles. The van der Waals surface area contributed by atoms with Crippen LogP contribution in [0.5, 0.6) is 0 Å². The van der Waals surface area contributed by atoms with Crippen LogP contribution in [0.15, 0.2) is 47.2 Å². The second-order valence-corrected chi connectivity index (χ2v) is 19.8. The van der Waals surface area contributed by atoms with Crippen LogP contribution < -0.4 is 21.3 Å². The lowest BCUT2D eigenvalue weighted by atomic mass is 10.1. The second kappa shape index (κ2) is 35.4. The Labute approximate surface area is 465 Å². The van der Waals surface area contributed by atoms with Gasteiger partial charge in [0.1, 0.15) is 16.7 Å². The highest BCUT2D eigenvalue weighted by atomic mass is 79.9. The molecule has 0 bridgehead atoms. The fraction of sp³-hybridized carbons (Fsp3) is 0.569. The first-order valence-corrected chi connectivity index (χ1v) is 26.6. The minimum absolute atomic E-state index is 0.0114. The highest BCUT2D eigenvalue weighted by Crippen LogP contribution is 2.16. The Hall–Kier alpha value is -7.14. The summed E-state index contributed by atoms with van der Waals surface area (Å²) in [6.07, 6.45) is 2.42. The number of carbonyl (C=O) groups is 11. The molecule has 0 aliphatic carbocycles.